The van der Waals surface area contributed by atoms with Gasteiger partial charge < -0.3 is 14.6 Å². The second-order valence-corrected chi connectivity index (χ2v) is 11.0. The van der Waals surface area contributed by atoms with Crippen LogP contribution >= 0.6 is 11.6 Å². The number of nitrogens with zero attached hydrogens (tertiary/aromatic N) is 2. The number of aryl methyl sites for hydroxylation is 1. The standard InChI is InChI=1S/C34H27ClF3N3O3/c1-3-43-32(42)33(18-19-33)24-16-14-22(15-17-24)21-10-12-23(13-11-21)31-30(20(2)41-44-31)40-28-9-5-8-27(39-28)25-6-4-7-26(29(25)35)34(36,37)38/h4-17H,3,18-19H2,1-2H3,(H,39,40). The van der Waals surface area contributed by atoms with Crippen LogP contribution in [0.1, 0.15) is 36.6 Å². The first kappa shape index (κ1) is 29.4. The summed E-state index contributed by atoms with van der Waals surface area (Å²) in [6.07, 6.45) is -2.99. The fourth-order valence-corrected chi connectivity index (χ4v) is 5.58. The van der Waals surface area contributed by atoms with Crippen LogP contribution < -0.4 is 5.32 Å². The Bertz CT molecular complexity index is 1830. The van der Waals surface area contributed by atoms with Crippen LogP contribution in [-0.2, 0) is 21.1 Å². The molecule has 0 atom stereocenters. The van der Waals surface area contributed by atoms with Gasteiger partial charge in [-0.2, -0.15) is 13.2 Å². The monoisotopic (exact) mass is 617 g/mol. The number of rotatable bonds is 8. The van der Waals surface area contributed by atoms with Crippen LogP contribution in [-0.4, -0.2) is 22.7 Å². The number of anilines is 2. The van der Waals surface area contributed by atoms with Gasteiger partial charge in [-0.15, -0.1) is 0 Å². The third-order valence-electron chi connectivity index (χ3n) is 7.78. The molecule has 0 radical (unpaired) electrons. The van der Waals surface area contributed by atoms with E-state index in [1.807, 2.05) is 55.5 Å². The number of benzene rings is 3. The molecule has 0 aliphatic heterocycles. The molecule has 3 aromatic carbocycles. The summed E-state index contributed by atoms with van der Waals surface area (Å²) in [5.74, 6) is 0.709. The number of ether oxygens (including phenoxy) is 1. The number of alkyl halides is 3. The highest BCUT2D eigenvalue weighted by Crippen LogP contribution is 2.49. The molecule has 1 aliphatic rings. The van der Waals surface area contributed by atoms with E-state index >= 15 is 0 Å². The SMILES string of the molecule is CCOC(=O)C1(c2ccc(-c3ccc(-c4onc(C)c4Nc4cccc(-c5cccc(C(F)(F)F)c5Cl)n4)cc3)cc2)CC1. The predicted octanol–water partition coefficient (Wildman–Crippen LogP) is 9.39. The molecular formula is C34H27ClF3N3O3. The van der Waals surface area contributed by atoms with Gasteiger partial charge in [0.1, 0.15) is 17.2 Å². The van der Waals surface area contributed by atoms with E-state index in [0.717, 1.165) is 41.2 Å². The van der Waals surface area contributed by atoms with Gasteiger partial charge >= 0.3 is 12.1 Å². The molecule has 6 nitrogen and oxygen atoms in total. The summed E-state index contributed by atoms with van der Waals surface area (Å²) in [5.41, 5.74) is 3.91. The molecule has 2 aromatic heterocycles. The summed E-state index contributed by atoms with van der Waals surface area (Å²) in [4.78, 5) is 17.0. The summed E-state index contributed by atoms with van der Waals surface area (Å²) >= 11 is 6.14. The summed E-state index contributed by atoms with van der Waals surface area (Å²) in [5, 5.41) is 6.92. The molecule has 1 N–H and O–H groups in total. The average Bonchev–Trinajstić information content (AvgIpc) is 3.76. The van der Waals surface area contributed by atoms with Gasteiger partial charge in [-0.3, -0.25) is 4.79 Å². The summed E-state index contributed by atoms with van der Waals surface area (Å²) in [7, 11) is 0. The van der Waals surface area contributed by atoms with E-state index in [-0.39, 0.29) is 17.2 Å². The van der Waals surface area contributed by atoms with Gasteiger partial charge in [0, 0.05) is 11.1 Å². The van der Waals surface area contributed by atoms with Crippen molar-refractivity contribution in [2.24, 2.45) is 0 Å². The van der Waals surface area contributed by atoms with Crippen LogP contribution in [0.15, 0.2) is 89.5 Å². The first-order valence-electron chi connectivity index (χ1n) is 14.1. The van der Waals surface area contributed by atoms with Crippen molar-refractivity contribution in [2.45, 2.75) is 38.3 Å². The molecular weight excluding hydrogens is 591 g/mol. The zero-order chi connectivity index (χ0) is 31.1. The molecule has 44 heavy (non-hydrogen) atoms. The van der Waals surface area contributed by atoms with Crippen LogP contribution in [0.4, 0.5) is 24.7 Å². The molecule has 6 rings (SSSR count). The first-order chi connectivity index (χ1) is 21.1. The zero-order valence-corrected chi connectivity index (χ0v) is 24.6. The molecule has 224 valence electrons. The maximum atomic E-state index is 13.4. The molecule has 0 bridgehead atoms. The third kappa shape index (κ3) is 5.55. The van der Waals surface area contributed by atoms with Gasteiger partial charge in [-0.05, 0) is 61.6 Å². The third-order valence-corrected chi connectivity index (χ3v) is 8.19. The molecule has 1 fully saturated rings. The normalized spacial score (nSPS) is 13.9. The van der Waals surface area contributed by atoms with Crippen molar-refractivity contribution in [3.63, 3.8) is 0 Å². The van der Waals surface area contributed by atoms with E-state index in [2.05, 4.69) is 15.5 Å². The molecule has 2 heterocycles. The Labute approximate surface area is 256 Å². The lowest BCUT2D eigenvalue weighted by atomic mass is 9.93. The summed E-state index contributed by atoms with van der Waals surface area (Å²) in [6, 6.07) is 24.5. The maximum Gasteiger partial charge on any atom is 0.417 e. The lowest BCUT2D eigenvalue weighted by Gasteiger charge is -2.14. The largest absolute Gasteiger partial charge is 0.465 e. The quantitative estimate of drug-likeness (QED) is 0.175. The zero-order valence-electron chi connectivity index (χ0n) is 23.8. The lowest BCUT2D eigenvalue weighted by molar-refractivity contribution is -0.146. The lowest BCUT2D eigenvalue weighted by Crippen LogP contribution is -2.23. The van der Waals surface area contributed by atoms with E-state index in [0.29, 0.717) is 29.6 Å². The Morgan fingerprint density at radius 3 is 2.23 bits per heavy atom. The van der Waals surface area contributed by atoms with Crippen molar-refractivity contribution < 1.29 is 27.2 Å². The minimum absolute atomic E-state index is 0.162. The molecule has 0 spiro atoms. The molecule has 0 amide bonds. The topological polar surface area (TPSA) is 77.2 Å². The van der Waals surface area contributed by atoms with Crippen LogP contribution in [0.5, 0.6) is 0 Å². The second-order valence-electron chi connectivity index (χ2n) is 10.6. The van der Waals surface area contributed by atoms with Crippen molar-refractivity contribution in [2.75, 3.05) is 11.9 Å². The number of hydrogen-bond acceptors (Lipinski definition) is 6. The molecule has 10 heteroatoms. The van der Waals surface area contributed by atoms with Gasteiger partial charge in [0.25, 0.3) is 0 Å². The minimum Gasteiger partial charge on any atom is -0.465 e. The van der Waals surface area contributed by atoms with Crippen LogP contribution in [0.2, 0.25) is 5.02 Å². The van der Waals surface area contributed by atoms with Crippen molar-refractivity contribution >= 4 is 29.1 Å². The number of carbonyl (C=O) groups is 1. The van der Waals surface area contributed by atoms with Gasteiger partial charge in [0.15, 0.2) is 5.76 Å². The van der Waals surface area contributed by atoms with Crippen molar-refractivity contribution in [3.8, 4) is 33.7 Å². The molecule has 0 unspecified atom stereocenters. The summed E-state index contributed by atoms with van der Waals surface area (Å²) in [6.45, 7) is 3.96. The molecule has 5 aromatic rings. The van der Waals surface area contributed by atoms with Gasteiger partial charge in [-0.25, -0.2) is 4.98 Å². The number of esters is 1. The number of halogens is 4. The average molecular weight is 618 g/mol. The van der Waals surface area contributed by atoms with Crippen LogP contribution in [0.3, 0.4) is 0 Å². The maximum absolute atomic E-state index is 13.4. The Kier molecular flexibility index (Phi) is 7.67. The second kappa shape index (κ2) is 11.5. The fraction of sp³-hybridized carbons (Fsp3) is 0.206. The minimum atomic E-state index is -4.58. The molecule has 1 aliphatic carbocycles. The highest BCUT2D eigenvalue weighted by Gasteiger charge is 2.52. The number of aromatic nitrogens is 2. The Morgan fingerprint density at radius 2 is 1.59 bits per heavy atom. The van der Waals surface area contributed by atoms with Gasteiger partial charge in [-0.1, -0.05) is 83.5 Å². The smallest absolute Gasteiger partial charge is 0.417 e. The van der Waals surface area contributed by atoms with E-state index < -0.39 is 22.2 Å². The Morgan fingerprint density at radius 1 is 0.955 bits per heavy atom. The highest BCUT2D eigenvalue weighted by atomic mass is 35.5. The number of hydrogen-bond donors (Lipinski definition) is 1. The highest BCUT2D eigenvalue weighted by molar-refractivity contribution is 6.34. The first-order valence-corrected chi connectivity index (χ1v) is 14.4. The fourth-order valence-electron chi connectivity index (χ4n) is 5.25. The van der Waals surface area contributed by atoms with Crippen molar-refractivity contribution in [3.05, 3.63) is 107 Å². The van der Waals surface area contributed by atoms with Gasteiger partial charge in [0.05, 0.1) is 28.3 Å². The molecule has 0 saturated heterocycles. The summed E-state index contributed by atoms with van der Waals surface area (Å²) < 4.78 is 51.2. The molecule has 1 saturated carbocycles. The van der Waals surface area contributed by atoms with E-state index in [9.17, 15) is 18.0 Å². The number of carbonyl (C=O) groups excluding carboxylic acids is 1. The van der Waals surface area contributed by atoms with E-state index in [1.54, 1.807) is 25.1 Å². The van der Waals surface area contributed by atoms with Crippen molar-refractivity contribution in [1.29, 1.82) is 0 Å². The van der Waals surface area contributed by atoms with Crippen LogP contribution in [0.25, 0.3) is 33.7 Å². The van der Waals surface area contributed by atoms with Crippen molar-refractivity contribution in [1.82, 2.24) is 10.1 Å². The van der Waals surface area contributed by atoms with Crippen LogP contribution in [0, 0.1) is 6.92 Å². The Hall–Kier alpha value is -4.63. The van der Waals surface area contributed by atoms with E-state index in [1.165, 1.54) is 12.1 Å². The van der Waals surface area contributed by atoms with E-state index in [4.69, 9.17) is 20.9 Å². The van der Waals surface area contributed by atoms with Gasteiger partial charge in [0.2, 0.25) is 0 Å². The Balaban J connectivity index is 1.23. The number of nitrogens with one attached hydrogen (secondary N) is 1. The predicted molar refractivity (Wildman–Crippen MR) is 163 cm³/mol. The number of pyridine rings is 1.